The SMILES string of the molecule is Cn1cc(C(=O)NNC(=S)Nc2ccc3c(c2)OCO3)c2ccccc21. The number of benzene rings is 2. The zero-order chi connectivity index (χ0) is 18.1. The molecule has 0 bridgehead atoms. The van der Waals surface area contributed by atoms with E-state index in [2.05, 4.69) is 16.2 Å². The lowest BCUT2D eigenvalue weighted by molar-refractivity contribution is 0.0945. The lowest BCUT2D eigenvalue weighted by Crippen LogP contribution is -2.43. The van der Waals surface area contributed by atoms with Gasteiger partial charge in [-0.05, 0) is 30.4 Å². The number of hydrogen-bond acceptors (Lipinski definition) is 4. The molecule has 1 aromatic heterocycles. The molecule has 0 atom stereocenters. The molecule has 8 heteroatoms. The van der Waals surface area contributed by atoms with E-state index in [1.54, 1.807) is 18.3 Å². The van der Waals surface area contributed by atoms with Gasteiger partial charge in [-0.2, -0.15) is 0 Å². The maximum Gasteiger partial charge on any atom is 0.271 e. The number of anilines is 1. The molecule has 2 heterocycles. The third kappa shape index (κ3) is 3.02. The molecule has 7 nitrogen and oxygen atoms in total. The van der Waals surface area contributed by atoms with Gasteiger partial charge < -0.3 is 19.4 Å². The third-order valence-corrected chi connectivity index (χ3v) is 4.27. The van der Waals surface area contributed by atoms with Crippen LogP contribution in [0.1, 0.15) is 10.4 Å². The molecule has 1 amide bonds. The van der Waals surface area contributed by atoms with Crippen molar-refractivity contribution in [3.05, 3.63) is 54.2 Å². The fourth-order valence-corrected chi connectivity index (χ4v) is 3.01. The van der Waals surface area contributed by atoms with Crippen LogP contribution in [0.2, 0.25) is 0 Å². The number of amides is 1. The fourth-order valence-electron chi connectivity index (χ4n) is 2.84. The Labute approximate surface area is 154 Å². The quantitative estimate of drug-likeness (QED) is 0.477. The number of ether oxygens (including phenoxy) is 2. The highest BCUT2D eigenvalue weighted by molar-refractivity contribution is 7.80. The first kappa shape index (κ1) is 16.2. The molecule has 26 heavy (non-hydrogen) atoms. The normalized spacial score (nSPS) is 12.0. The molecule has 4 rings (SSSR count). The summed E-state index contributed by atoms with van der Waals surface area (Å²) in [6.45, 7) is 0.211. The van der Waals surface area contributed by atoms with Crippen LogP contribution in [0, 0.1) is 0 Å². The second-order valence-corrected chi connectivity index (χ2v) is 6.18. The van der Waals surface area contributed by atoms with Gasteiger partial charge in [0.1, 0.15) is 0 Å². The predicted octanol–water partition coefficient (Wildman–Crippen LogP) is 2.54. The van der Waals surface area contributed by atoms with Gasteiger partial charge in [0.2, 0.25) is 6.79 Å². The van der Waals surface area contributed by atoms with E-state index in [-0.39, 0.29) is 17.8 Å². The maximum atomic E-state index is 12.5. The first-order valence-corrected chi connectivity index (χ1v) is 8.34. The van der Waals surface area contributed by atoms with Crippen molar-refractivity contribution in [1.29, 1.82) is 0 Å². The van der Waals surface area contributed by atoms with E-state index in [1.165, 1.54) is 0 Å². The first-order valence-electron chi connectivity index (χ1n) is 7.93. The third-order valence-electron chi connectivity index (χ3n) is 4.06. The minimum atomic E-state index is -0.267. The summed E-state index contributed by atoms with van der Waals surface area (Å²) >= 11 is 5.22. The molecule has 0 spiro atoms. The van der Waals surface area contributed by atoms with Gasteiger partial charge in [-0.3, -0.25) is 15.6 Å². The van der Waals surface area contributed by atoms with E-state index >= 15 is 0 Å². The number of rotatable bonds is 2. The number of hydrazine groups is 1. The fraction of sp³-hybridized carbons (Fsp3) is 0.111. The summed E-state index contributed by atoms with van der Waals surface area (Å²) in [6, 6.07) is 13.1. The van der Waals surface area contributed by atoms with Crippen LogP contribution in [-0.2, 0) is 7.05 Å². The van der Waals surface area contributed by atoms with Gasteiger partial charge in [0.25, 0.3) is 5.91 Å². The zero-order valence-electron chi connectivity index (χ0n) is 13.9. The number of aryl methyl sites for hydroxylation is 1. The van der Waals surface area contributed by atoms with E-state index < -0.39 is 0 Å². The van der Waals surface area contributed by atoms with Crippen molar-refractivity contribution in [3.8, 4) is 11.5 Å². The predicted molar refractivity (Wildman–Crippen MR) is 102 cm³/mol. The van der Waals surface area contributed by atoms with Crippen molar-refractivity contribution < 1.29 is 14.3 Å². The van der Waals surface area contributed by atoms with Gasteiger partial charge in [0, 0.05) is 35.9 Å². The van der Waals surface area contributed by atoms with Crippen LogP contribution < -0.4 is 25.6 Å². The van der Waals surface area contributed by atoms with Crippen molar-refractivity contribution in [2.45, 2.75) is 0 Å². The van der Waals surface area contributed by atoms with Crippen LogP contribution in [0.15, 0.2) is 48.7 Å². The number of thiocarbonyl (C=S) groups is 1. The zero-order valence-corrected chi connectivity index (χ0v) is 14.7. The summed E-state index contributed by atoms with van der Waals surface area (Å²) < 4.78 is 12.5. The second kappa shape index (κ2) is 6.57. The Bertz CT molecular complexity index is 1010. The Morgan fingerprint density at radius 1 is 1.12 bits per heavy atom. The minimum Gasteiger partial charge on any atom is -0.454 e. The number of nitrogens with zero attached hydrogens (tertiary/aromatic N) is 1. The molecule has 0 aliphatic carbocycles. The Kier molecular flexibility index (Phi) is 4.10. The monoisotopic (exact) mass is 368 g/mol. The molecule has 3 aromatic rings. The number of para-hydroxylation sites is 1. The van der Waals surface area contributed by atoms with Crippen molar-refractivity contribution in [3.63, 3.8) is 0 Å². The average molecular weight is 368 g/mol. The Balaban J connectivity index is 1.40. The van der Waals surface area contributed by atoms with Gasteiger partial charge in [0.15, 0.2) is 16.6 Å². The van der Waals surface area contributed by atoms with E-state index in [0.29, 0.717) is 17.1 Å². The Hall–Kier alpha value is -3.26. The van der Waals surface area contributed by atoms with E-state index in [9.17, 15) is 4.79 Å². The highest BCUT2D eigenvalue weighted by Crippen LogP contribution is 2.34. The summed E-state index contributed by atoms with van der Waals surface area (Å²) in [6.07, 6.45) is 1.79. The van der Waals surface area contributed by atoms with Crippen LogP contribution in [0.4, 0.5) is 5.69 Å². The Morgan fingerprint density at radius 3 is 2.81 bits per heavy atom. The van der Waals surface area contributed by atoms with Crippen molar-refractivity contribution in [1.82, 2.24) is 15.4 Å². The van der Waals surface area contributed by atoms with Crippen LogP contribution >= 0.6 is 12.2 Å². The molecule has 0 radical (unpaired) electrons. The Morgan fingerprint density at radius 2 is 1.92 bits per heavy atom. The largest absolute Gasteiger partial charge is 0.454 e. The summed E-state index contributed by atoms with van der Waals surface area (Å²) in [5.74, 6) is 1.08. The minimum absolute atomic E-state index is 0.211. The summed E-state index contributed by atoms with van der Waals surface area (Å²) in [5.41, 5.74) is 7.61. The van der Waals surface area contributed by atoms with Gasteiger partial charge >= 0.3 is 0 Å². The van der Waals surface area contributed by atoms with Crippen molar-refractivity contribution in [2.75, 3.05) is 12.1 Å². The number of aromatic nitrogens is 1. The number of carbonyl (C=O) groups is 1. The van der Waals surface area contributed by atoms with Crippen LogP contribution in [0.25, 0.3) is 10.9 Å². The van der Waals surface area contributed by atoms with E-state index in [0.717, 1.165) is 16.6 Å². The molecule has 2 aromatic carbocycles. The van der Waals surface area contributed by atoms with Crippen LogP contribution in [-0.4, -0.2) is 22.4 Å². The number of hydrogen-bond donors (Lipinski definition) is 3. The maximum absolute atomic E-state index is 12.5. The van der Waals surface area contributed by atoms with Gasteiger partial charge in [-0.15, -0.1) is 0 Å². The number of fused-ring (bicyclic) bond motifs is 2. The van der Waals surface area contributed by atoms with E-state index in [4.69, 9.17) is 21.7 Å². The molecule has 0 saturated carbocycles. The molecule has 1 aliphatic rings. The molecule has 132 valence electrons. The molecule has 0 fully saturated rings. The van der Waals surface area contributed by atoms with Gasteiger partial charge in [0.05, 0.1) is 5.56 Å². The standard InChI is InChI=1S/C18H16N4O3S/c1-22-9-13(12-4-2-3-5-14(12)22)17(23)20-21-18(26)19-11-6-7-15-16(8-11)25-10-24-15/h2-9H,10H2,1H3,(H,20,23)(H2,19,21,26). The lowest BCUT2D eigenvalue weighted by atomic mass is 10.2. The average Bonchev–Trinajstić information content (AvgIpc) is 3.24. The molecule has 3 N–H and O–H groups in total. The highest BCUT2D eigenvalue weighted by atomic mass is 32.1. The number of nitrogens with one attached hydrogen (secondary N) is 3. The van der Waals surface area contributed by atoms with Gasteiger partial charge in [-0.1, -0.05) is 18.2 Å². The van der Waals surface area contributed by atoms with Gasteiger partial charge in [-0.25, -0.2) is 0 Å². The van der Waals surface area contributed by atoms with E-state index in [1.807, 2.05) is 41.9 Å². The highest BCUT2D eigenvalue weighted by Gasteiger charge is 2.15. The summed E-state index contributed by atoms with van der Waals surface area (Å²) in [7, 11) is 1.90. The summed E-state index contributed by atoms with van der Waals surface area (Å²) in [5, 5.41) is 4.13. The van der Waals surface area contributed by atoms with Crippen molar-refractivity contribution >= 4 is 39.8 Å². The van der Waals surface area contributed by atoms with Crippen molar-refractivity contribution in [2.24, 2.45) is 7.05 Å². The first-order chi connectivity index (χ1) is 12.6. The van der Waals surface area contributed by atoms with Crippen LogP contribution in [0.3, 0.4) is 0 Å². The number of carbonyl (C=O) groups excluding carboxylic acids is 1. The van der Waals surface area contributed by atoms with Crippen LogP contribution in [0.5, 0.6) is 11.5 Å². The molecular formula is C18H16N4O3S. The lowest BCUT2D eigenvalue weighted by Gasteiger charge is -2.11. The molecule has 0 saturated heterocycles. The second-order valence-electron chi connectivity index (χ2n) is 5.77. The molecule has 1 aliphatic heterocycles. The molecule has 0 unspecified atom stereocenters. The topological polar surface area (TPSA) is 76.6 Å². The molecular weight excluding hydrogens is 352 g/mol. The summed E-state index contributed by atoms with van der Waals surface area (Å²) in [4.78, 5) is 12.5. The smallest absolute Gasteiger partial charge is 0.271 e.